The average molecular weight is 296 g/mol. The van der Waals surface area contributed by atoms with Crippen molar-refractivity contribution < 1.29 is 4.79 Å². The first-order chi connectivity index (χ1) is 7.93. The van der Waals surface area contributed by atoms with Crippen molar-refractivity contribution in [3.05, 3.63) is 27.2 Å². The predicted molar refractivity (Wildman–Crippen MR) is 72.9 cm³/mol. The molecule has 3 N–H and O–H groups in total. The molecule has 0 radical (unpaired) electrons. The Bertz CT molecular complexity index is 423. The maximum absolute atomic E-state index is 11.6. The van der Waals surface area contributed by atoms with E-state index in [1.54, 1.807) is 0 Å². The van der Waals surface area contributed by atoms with Crippen LogP contribution >= 0.6 is 34.8 Å². The molecule has 3 nitrogen and oxygen atoms in total. The van der Waals surface area contributed by atoms with Gasteiger partial charge in [0.15, 0.2) is 0 Å². The van der Waals surface area contributed by atoms with Gasteiger partial charge in [-0.3, -0.25) is 4.79 Å². The summed E-state index contributed by atoms with van der Waals surface area (Å²) in [6.07, 6.45) is 0.340. The maximum atomic E-state index is 11.6. The van der Waals surface area contributed by atoms with Crippen molar-refractivity contribution in [1.29, 1.82) is 0 Å². The molecule has 0 aromatic heterocycles. The highest BCUT2D eigenvalue weighted by Crippen LogP contribution is 2.32. The van der Waals surface area contributed by atoms with Crippen LogP contribution in [-0.4, -0.2) is 12.5 Å². The molecule has 1 atom stereocenters. The fourth-order valence-electron chi connectivity index (χ4n) is 1.22. The van der Waals surface area contributed by atoms with Gasteiger partial charge in [-0.05, 0) is 24.6 Å². The van der Waals surface area contributed by atoms with E-state index >= 15 is 0 Å². The summed E-state index contributed by atoms with van der Waals surface area (Å²) in [7, 11) is 0. The van der Waals surface area contributed by atoms with Gasteiger partial charge in [-0.1, -0.05) is 41.7 Å². The molecule has 1 amide bonds. The van der Waals surface area contributed by atoms with E-state index in [0.29, 0.717) is 33.7 Å². The van der Waals surface area contributed by atoms with Crippen LogP contribution in [0.3, 0.4) is 0 Å². The second-order valence-corrected chi connectivity index (χ2v) is 5.06. The van der Waals surface area contributed by atoms with Gasteiger partial charge in [0.25, 0.3) is 0 Å². The second kappa shape index (κ2) is 6.45. The third kappa shape index (κ3) is 4.36. The number of halogens is 3. The number of hydrogen-bond acceptors (Lipinski definition) is 2. The molecule has 1 unspecified atom stereocenters. The number of nitrogens with two attached hydrogens (primary N) is 1. The summed E-state index contributed by atoms with van der Waals surface area (Å²) in [6.45, 7) is 2.36. The number of amides is 1. The van der Waals surface area contributed by atoms with Crippen LogP contribution in [-0.2, 0) is 4.79 Å². The van der Waals surface area contributed by atoms with E-state index in [2.05, 4.69) is 5.32 Å². The minimum atomic E-state index is -0.150. The third-order valence-electron chi connectivity index (χ3n) is 2.22. The van der Waals surface area contributed by atoms with Gasteiger partial charge in [0, 0.05) is 6.42 Å². The number of hydrogen-bond donors (Lipinski definition) is 2. The number of nitrogens with one attached hydrogen (secondary N) is 1. The Labute approximate surface area is 115 Å². The number of benzene rings is 1. The minimum Gasteiger partial charge on any atom is -0.330 e. The summed E-state index contributed by atoms with van der Waals surface area (Å²) in [5.74, 6) is -0.0280. The van der Waals surface area contributed by atoms with E-state index in [9.17, 15) is 4.79 Å². The van der Waals surface area contributed by atoms with Crippen molar-refractivity contribution in [3.8, 4) is 0 Å². The van der Waals surface area contributed by atoms with Crippen molar-refractivity contribution in [2.75, 3.05) is 11.9 Å². The number of anilines is 1. The molecular formula is C11H13Cl3N2O. The fourth-order valence-corrected chi connectivity index (χ4v) is 1.81. The molecule has 17 heavy (non-hydrogen) atoms. The molecule has 0 heterocycles. The summed E-state index contributed by atoms with van der Waals surface area (Å²) in [4.78, 5) is 11.6. The molecule has 1 rings (SSSR count). The smallest absolute Gasteiger partial charge is 0.224 e. The topological polar surface area (TPSA) is 55.1 Å². The summed E-state index contributed by atoms with van der Waals surface area (Å²) in [6, 6.07) is 3.02. The van der Waals surface area contributed by atoms with Gasteiger partial charge in [0.2, 0.25) is 5.91 Å². The molecule has 0 aliphatic carbocycles. The molecule has 0 saturated carbocycles. The van der Waals surface area contributed by atoms with Crippen molar-refractivity contribution in [2.24, 2.45) is 11.7 Å². The van der Waals surface area contributed by atoms with Crippen LogP contribution in [0.2, 0.25) is 15.1 Å². The molecule has 0 aliphatic heterocycles. The minimum absolute atomic E-state index is 0.122. The van der Waals surface area contributed by atoms with Crippen LogP contribution in [0.5, 0.6) is 0 Å². The highest BCUT2D eigenvalue weighted by atomic mass is 35.5. The van der Waals surface area contributed by atoms with E-state index < -0.39 is 0 Å². The van der Waals surface area contributed by atoms with Crippen LogP contribution < -0.4 is 11.1 Å². The Hall–Kier alpha value is -0.480. The SMILES string of the molecule is CC(CN)CC(=O)Nc1cc(Cl)c(Cl)cc1Cl. The first-order valence-electron chi connectivity index (χ1n) is 5.08. The molecule has 6 heteroatoms. The van der Waals surface area contributed by atoms with E-state index in [0.717, 1.165) is 0 Å². The van der Waals surface area contributed by atoms with Crippen LogP contribution in [0.15, 0.2) is 12.1 Å². The van der Waals surface area contributed by atoms with E-state index in [1.165, 1.54) is 12.1 Å². The van der Waals surface area contributed by atoms with Gasteiger partial charge in [-0.2, -0.15) is 0 Å². The lowest BCUT2D eigenvalue weighted by atomic mass is 10.1. The lowest BCUT2D eigenvalue weighted by molar-refractivity contribution is -0.116. The lowest BCUT2D eigenvalue weighted by Crippen LogP contribution is -2.20. The van der Waals surface area contributed by atoms with Gasteiger partial charge in [0.1, 0.15) is 0 Å². The normalized spacial score (nSPS) is 12.3. The molecule has 1 aromatic carbocycles. The summed E-state index contributed by atoms with van der Waals surface area (Å²) < 4.78 is 0. The molecule has 0 aliphatic rings. The van der Waals surface area contributed by atoms with Gasteiger partial charge >= 0.3 is 0 Å². The quantitative estimate of drug-likeness (QED) is 0.834. The average Bonchev–Trinajstić information content (AvgIpc) is 2.25. The summed E-state index contributed by atoms with van der Waals surface area (Å²) in [5.41, 5.74) is 5.90. The van der Waals surface area contributed by atoms with Crippen molar-refractivity contribution in [2.45, 2.75) is 13.3 Å². The zero-order valence-electron chi connectivity index (χ0n) is 9.27. The summed E-state index contributed by atoms with van der Waals surface area (Å²) >= 11 is 17.6. The van der Waals surface area contributed by atoms with E-state index in [4.69, 9.17) is 40.5 Å². The van der Waals surface area contributed by atoms with Gasteiger partial charge < -0.3 is 11.1 Å². The maximum Gasteiger partial charge on any atom is 0.224 e. The Balaban J connectivity index is 2.75. The summed E-state index contributed by atoms with van der Waals surface area (Å²) in [5, 5.41) is 3.73. The molecule has 0 spiro atoms. The highest BCUT2D eigenvalue weighted by molar-refractivity contribution is 6.44. The molecule has 0 bridgehead atoms. The Kier molecular flexibility index (Phi) is 5.53. The highest BCUT2D eigenvalue weighted by Gasteiger charge is 2.11. The first kappa shape index (κ1) is 14.6. The Morgan fingerprint density at radius 3 is 2.47 bits per heavy atom. The third-order valence-corrected chi connectivity index (χ3v) is 3.26. The van der Waals surface area contributed by atoms with Gasteiger partial charge in [-0.15, -0.1) is 0 Å². The molecule has 0 saturated heterocycles. The second-order valence-electron chi connectivity index (χ2n) is 3.84. The first-order valence-corrected chi connectivity index (χ1v) is 6.22. The van der Waals surface area contributed by atoms with E-state index in [1.807, 2.05) is 6.92 Å². The Morgan fingerprint density at radius 2 is 1.88 bits per heavy atom. The van der Waals surface area contributed by atoms with Gasteiger partial charge in [0.05, 0.1) is 20.8 Å². The molecule has 94 valence electrons. The number of rotatable bonds is 4. The Morgan fingerprint density at radius 1 is 1.29 bits per heavy atom. The zero-order chi connectivity index (χ0) is 13.0. The van der Waals surface area contributed by atoms with Crippen molar-refractivity contribution >= 4 is 46.4 Å². The largest absolute Gasteiger partial charge is 0.330 e. The molecule has 0 fully saturated rings. The van der Waals surface area contributed by atoms with Crippen LogP contribution in [0.25, 0.3) is 0 Å². The van der Waals surface area contributed by atoms with Crippen LogP contribution in [0.1, 0.15) is 13.3 Å². The number of carbonyl (C=O) groups excluding carboxylic acids is 1. The molecular weight excluding hydrogens is 282 g/mol. The zero-order valence-corrected chi connectivity index (χ0v) is 11.5. The molecule has 1 aromatic rings. The monoisotopic (exact) mass is 294 g/mol. The van der Waals surface area contributed by atoms with Crippen molar-refractivity contribution in [3.63, 3.8) is 0 Å². The standard InChI is InChI=1S/C11H13Cl3N2O/c1-6(5-15)2-11(17)16-10-4-8(13)7(12)3-9(10)14/h3-4,6H,2,5,15H2,1H3,(H,16,17). The number of carbonyl (C=O) groups is 1. The van der Waals surface area contributed by atoms with Crippen molar-refractivity contribution in [1.82, 2.24) is 0 Å². The van der Waals surface area contributed by atoms with Gasteiger partial charge in [-0.25, -0.2) is 0 Å². The van der Waals surface area contributed by atoms with E-state index in [-0.39, 0.29) is 11.8 Å². The predicted octanol–water partition coefficient (Wildman–Crippen LogP) is 3.57. The van der Waals surface area contributed by atoms with Crippen LogP contribution in [0, 0.1) is 5.92 Å². The fraction of sp³-hybridized carbons (Fsp3) is 0.364. The lowest BCUT2D eigenvalue weighted by Gasteiger charge is -2.11. The van der Waals surface area contributed by atoms with Crippen LogP contribution in [0.4, 0.5) is 5.69 Å².